The lowest BCUT2D eigenvalue weighted by molar-refractivity contribution is -0.131. The molecule has 0 saturated carbocycles. The fourth-order valence-electron chi connectivity index (χ4n) is 3.53. The van der Waals surface area contributed by atoms with E-state index in [4.69, 9.17) is 13.9 Å². The van der Waals surface area contributed by atoms with Crippen LogP contribution in [0.5, 0.6) is 11.5 Å². The van der Waals surface area contributed by atoms with Crippen LogP contribution in [0.1, 0.15) is 18.2 Å². The molecule has 0 saturated heterocycles. The molecule has 1 N–H and O–H groups in total. The summed E-state index contributed by atoms with van der Waals surface area (Å²) in [5, 5.41) is 28.2. The summed E-state index contributed by atoms with van der Waals surface area (Å²) in [7, 11) is 3.13. The number of carboxylic acids is 1. The van der Waals surface area contributed by atoms with E-state index in [9.17, 15) is 15.2 Å². The number of carboxylic acid groups (broad SMARTS) is 1. The molecule has 10 heteroatoms. The molecule has 182 valence electrons. The smallest absolute Gasteiger partial charge is 0.342 e. The van der Waals surface area contributed by atoms with Crippen LogP contribution in [0.4, 0.5) is 0 Å². The van der Waals surface area contributed by atoms with E-state index in [2.05, 4.69) is 16.3 Å². The van der Waals surface area contributed by atoms with Crippen LogP contribution in [0.2, 0.25) is 0 Å². The Labute approximate surface area is 211 Å². The molecule has 9 nitrogen and oxygen atoms in total. The molecule has 4 aromatic rings. The highest BCUT2D eigenvalue weighted by Gasteiger charge is 2.20. The van der Waals surface area contributed by atoms with Crippen molar-refractivity contribution >= 4 is 23.8 Å². The van der Waals surface area contributed by atoms with E-state index in [1.54, 1.807) is 56.7 Å². The lowest BCUT2D eigenvalue weighted by atomic mass is 10.1. The highest BCUT2D eigenvalue weighted by molar-refractivity contribution is 8.04. The number of benzene rings is 2. The number of nitriles is 1. The van der Waals surface area contributed by atoms with Gasteiger partial charge in [-0.2, -0.15) is 5.26 Å². The second kappa shape index (κ2) is 10.8. The number of rotatable bonds is 9. The highest BCUT2D eigenvalue weighted by atomic mass is 32.2. The number of carbonyl (C=O) groups is 1. The number of nitrogens with zero attached hydrogens (tertiary/aromatic N) is 4. The zero-order chi connectivity index (χ0) is 25.7. The molecule has 4 rings (SSSR count). The number of hydrogen-bond acceptors (Lipinski definition) is 8. The quantitative estimate of drug-likeness (QED) is 0.239. The van der Waals surface area contributed by atoms with Gasteiger partial charge in [-0.05, 0) is 55.1 Å². The molecular formula is C26H22N4O5S. The van der Waals surface area contributed by atoms with Gasteiger partial charge in [-0.15, -0.1) is 10.2 Å². The van der Waals surface area contributed by atoms with E-state index in [1.165, 1.54) is 6.08 Å². The zero-order valence-corrected chi connectivity index (χ0v) is 20.6. The van der Waals surface area contributed by atoms with Gasteiger partial charge in [-0.3, -0.25) is 0 Å². The maximum atomic E-state index is 12.1. The Balaban J connectivity index is 1.67. The minimum atomic E-state index is -1.13. The zero-order valence-electron chi connectivity index (χ0n) is 19.8. The lowest BCUT2D eigenvalue weighted by Crippen LogP contribution is -2.03. The molecule has 0 amide bonds. The molecule has 0 spiro atoms. The Bertz CT molecular complexity index is 1460. The monoisotopic (exact) mass is 502 g/mol. The van der Waals surface area contributed by atoms with E-state index in [1.807, 2.05) is 23.6 Å². The second-order valence-electron chi connectivity index (χ2n) is 7.43. The summed E-state index contributed by atoms with van der Waals surface area (Å²) < 4.78 is 18.4. The average Bonchev–Trinajstić information content (AvgIpc) is 3.54. The van der Waals surface area contributed by atoms with Crippen molar-refractivity contribution in [2.24, 2.45) is 0 Å². The topological polar surface area (TPSA) is 123 Å². The standard InChI is InChI=1S/C26H22N4O5S/c1-4-30-24(17-11-19(33-2)13-20(12-17)34-3)28-29-26(30)36-23(25(31)32)14-18-9-10-22(35-18)21-8-6-5-7-16(21)15-27/h5-14H,4H2,1-3H3,(H,31,32)/b23-14-. The van der Waals surface area contributed by atoms with Crippen LogP contribution in [0.25, 0.3) is 28.8 Å². The first-order valence-corrected chi connectivity index (χ1v) is 11.7. The number of aliphatic carboxylic acids is 1. The van der Waals surface area contributed by atoms with Gasteiger partial charge >= 0.3 is 5.97 Å². The van der Waals surface area contributed by atoms with E-state index in [-0.39, 0.29) is 4.91 Å². The number of hydrogen-bond donors (Lipinski definition) is 1. The van der Waals surface area contributed by atoms with Crippen molar-refractivity contribution in [3.63, 3.8) is 0 Å². The summed E-state index contributed by atoms with van der Waals surface area (Å²) >= 11 is 0.967. The second-order valence-corrected chi connectivity index (χ2v) is 8.44. The molecule has 0 bridgehead atoms. The predicted octanol–water partition coefficient (Wildman–Crippen LogP) is 5.33. The van der Waals surface area contributed by atoms with Crippen LogP contribution < -0.4 is 9.47 Å². The SMILES string of the molecule is CCn1c(S/C(=C\c2ccc(-c3ccccc3C#N)o2)C(=O)O)nnc1-c1cc(OC)cc(OC)c1. The Hall–Kier alpha value is -4.49. The fraction of sp³-hybridized carbons (Fsp3) is 0.154. The molecule has 0 aliphatic carbocycles. The first-order chi connectivity index (χ1) is 17.5. The molecule has 0 aliphatic heterocycles. The molecule has 36 heavy (non-hydrogen) atoms. The normalized spacial score (nSPS) is 11.2. The summed E-state index contributed by atoms with van der Waals surface area (Å²) in [5.74, 6) is 1.42. The van der Waals surface area contributed by atoms with Gasteiger partial charge in [0.1, 0.15) is 27.9 Å². The number of aromatic nitrogens is 3. The maximum Gasteiger partial charge on any atom is 0.342 e. The van der Waals surface area contributed by atoms with Gasteiger partial charge < -0.3 is 23.6 Å². The van der Waals surface area contributed by atoms with E-state index >= 15 is 0 Å². The summed E-state index contributed by atoms with van der Waals surface area (Å²) in [6.45, 7) is 2.43. The van der Waals surface area contributed by atoms with Gasteiger partial charge in [0.15, 0.2) is 11.0 Å². The summed E-state index contributed by atoms with van der Waals surface area (Å²) in [6.07, 6.45) is 1.43. The molecule has 2 aromatic heterocycles. The van der Waals surface area contributed by atoms with Crippen LogP contribution >= 0.6 is 11.8 Å². The average molecular weight is 503 g/mol. The maximum absolute atomic E-state index is 12.1. The predicted molar refractivity (Wildman–Crippen MR) is 135 cm³/mol. The third-order valence-corrected chi connectivity index (χ3v) is 6.26. The van der Waals surface area contributed by atoms with Crippen LogP contribution in [0, 0.1) is 11.3 Å². The van der Waals surface area contributed by atoms with Crippen LogP contribution in [-0.4, -0.2) is 40.1 Å². The third kappa shape index (κ3) is 5.11. The van der Waals surface area contributed by atoms with Crippen LogP contribution in [-0.2, 0) is 11.3 Å². The van der Waals surface area contributed by atoms with Crippen LogP contribution in [0.3, 0.4) is 0 Å². The van der Waals surface area contributed by atoms with E-state index in [0.29, 0.717) is 51.7 Å². The van der Waals surface area contributed by atoms with E-state index in [0.717, 1.165) is 17.3 Å². The molecule has 0 atom stereocenters. The largest absolute Gasteiger partial charge is 0.497 e. The number of furan rings is 1. The molecule has 0 unspecified atom stereocenters. The lowest BCUT2D eigenvalue weighted by Gasteiger charge is -2.10. The minimum absolute atomic E-state index is 0.00124. The Morgan fingerprint density at radius 1 is 1.14 bits per heavy atom. The van der Waals surface area contributed by atoms with Crippen molar-refractivity contribution in [2.75, 3.05) is 14.2 Å². The highest BCUT2D eigenvalue weighted by Crippen LogP contribution is 2.34. The Morgan fingerprint density at radius 3 is 2.50 bits per heavy atom. The summed E-state index contributed by atoms with van der Waals surface area (Å²) in [4.78, 5) is 12.1. The van der Waals surface area contributed by atoms with E-state index < -0.39 is 5.97 Å². The summed E-state index contributed by atoms with van der Waals surface area (Å²) in [6, 6.07) is 17.9. The first-order valence-electron chi connectivity index (χ1n) is 10.9. The molecule has 0 fully saturated rings. The van der Waals surface area contributed by atoms with Gasteiger partial charge in [0.2, 0.25) is 0 Å². The third-order valence-electron chi connectivity index (χ3n) is 5.27. The molecular weight excluding hydrogens is 480 g/mol. The van der Waals surface area contributed by atoms with Gasteiger partial charge in [-0.25, -0.2) is 4.79 Å². The van der Waals surface area contributed by atoms with Gasteiger partial charge in [0, 0.05) is 29.8 Å². The molecule has 2 heterocycles. The Morgan fingerprint density at radius 2 is 1.86 bits per heavy atom. The summed E-state index contributed by atoms with van der Waals surface area (Å²) in [5.41, 5.74) is 1.82. The van der Waals surface area contributed by atoms with Crippen molar-refractivity contribution < 1.29 is 23.8 Å². The number of thioether (sulfide) groups is 1. The molecule has 0 radical (unpaired) electrons. The minimum Gasteiger partial charge on any atom is -0.497 e. The van der Waals surface area contributed by atoms with Crippen molar-refractivity contribution in [3.05, 3.63) is 70.8 Å². The van der Waals surface area contributed by atoms with Gasteiger partial charge in [-0.1, -0.05) is 12.1 Å². The van der Waals surface area contributed by atoms with Crippen molar-refractivity contribution in [1.82, 2.24) is 14.8 Å². The molecule has 2 aromatic carbocycles. The van der Waals surface area contributed by atoms with Crippen LogP contribution in [0.15, 0.2) is 69.1 Å². The first kappa shape index (κ1) is 24.6. The molecule has 0 aliphatic rings. The van der Waals surface area contributed by atoms with Gasteiger partial charge in [0.25, 0.3) is 0 Å². The fourth-order valence-corrected chi connectivity index (χ4v) is 4.40. The number of ether oxygens (including phenoxy) is 2. The van der Waals surface area contributed by atoms with Crippen molar-refractivity contribution in [1.29, 1.82) is 5.26 Å². The van der Waals surface area contributed by atoms with Gasteiger partial charge in [0.05, 0.1) is 25.9 Å². The van der Waals surface area contributed by atoms with Crippen molar-refractivity contribution in [2.45, 2.75) is 18.6 Å². The number of methoxy groups -OCH3 is 2. The van der Waals surface area contributed by atoms with Crippen molar-refractivity contribution in [3.8, 4) is 40.3 Å². The Kier molecular flexibility index (Phi) is 7.42.